The summed E-state index contributed by atoms with van der Waals surface area (Å²) in [6.07, 6.45) is 0.694. The van der Waals surface area contributed by atoms with Crippen LogP contribution in [0.3, 0.4) is 0 Å². The van der Waals surface area contributed by atoms with E-state index in [-0.39, 0.29) is 55.0 Å². The van der Waals surface area contributed by atoms with Crippen LogP contribution in [0.1, 0.15) is 141 Å². The van der Waals surface area contributed by atoms with Crippen LogP contribution in [0.15, 0.2) is 42.5 Å². The lowest BCUT2D eigenvalue weighted by molar-refractivity contribution is -0.157. The zero-order valence-corrected chi connectivity index (χ0v) is 61.0. The predicted octanol–water partition coefficient (Wildman–Crippen LogP) is 5.42. The van der Waals surface area contributed by atoms with Gasteiger partial charge in [-0.15, -0.1) is 0 Å². The summed E-state index contributed by atoms with van der Waals surface area (Å²) in [5.41, 5.74) is -2.12. The fraction of sp³-hybridized carbons (Fsp3) is 0.657. The fourth-order valence-corrected chi connectivity index (χ4v) is 14.0. The molecule has 12 amide bonds. The first-order valence-corrected chi connectivity index (χ1v) is 35.1. The highest BCUT2D eigenvalue weighted by molar-refractivity contribution is 6.31. The Morgan fingerprint density at radius 1 is 0.636 bits per heavy atom. The Morgan fingerprint density at radius 2 is 1.25 bits per heavy atom. The van der Waals surface area contributed by atoms with E-state index in [1.54, 1.807) is 56.9 Å². The molecule has 2 saturated heterocycles. The molecule has 0 bridgehead atoms. The monoisotopic (exact) mass is 1430 g/mol. The first kappa shape index (κ1) is 80.4. The minimum Gasteiger partial charge on any atom is -0.343 e. The van der Waals surface area contributed by atoms with Gasteiger partial charge in [0.25, 0.3) is 0 Å². The van der Waals surface area contributed by atoms with Gasteiger partial charge in [0.2, 0.25) is 70.9 Å². The van der Waals surface area contributed by atoms with Gasteiger partial charge < -0.3 is 60.0 Å². The number of amides is 12. The Hall–Kier alpha value is -7.55. The Balaban J connectivity index is 1.44. The van der Waals surface area contributed by atoms with Crippen molar-refractivity contribution in [3.05, 3.63) is 69.2 Å². The van der Waals surface area contributed by atoms with Gasteiger partial charge in [0, 0.05) is 80.9 Å². The van der Waals surface area contributed by atoms with E-state index in [0.717, 1.165) is 73.6 Å². The molecule has 99 heavy (non-hydrogen) atoms. The number of likely N-dealkylation sites (N-methyl/N-ethyl adjacent to an activating group) is 8. The Labute approximate surface area is 589 Å². The Morgan fingerprint density at radius 3 is 1.83 bits per heavy atom. The number of hydrogen-bond acceptors (Lipinski definition) is 12. The van der Waals surface area contributed by atoms with Crippen LogP contribution in [0.2, 0.25) is 10.0 Å². The molecule has 1 spiro atoms. The van der Waals surface area contributed by atoms with Crippen LogP contribution < -0.4 is 16.0 Å². The molecule has 2 saturated carbocycles. The van der Waals surface area contributed by atoms with E-state index in [0.29, 0.717) is 44.3 Å². The summed E-state index contributed by atoms with van der Waals surface area (Å²) in [5.74, 6) is -9.76. The number of likely N-dealkylation sites (tertiary alicyclic amines) is 1. The normalized spacial score (nSPS) is 25.1. The average Bonchev–Trinajstić information content (AvgIpc) is 0.996. The number of nitrogens with one attached hydrogen (secondary N) is 3. The maximum Gasteiger partial charge on any atom is 0.417 e. The number of hydrogen-bond donors (Lipinski definition) is 3. The lowest BCUT2D eigenvalue weighted by atomic mass is 9.74. The van der Waals surface area contributed by atoms with Crippen LogP contribution in [0.5, 0.6) is 0 Å². The third-order valence-electron chi connectivity index (χ3n) is 20.5. The van der Waals surface area contributed by atoms with Gasteiger partial charge >= 0.3 is 6.18 Å². The van der Waals surface area contributed by atoms with E-state index in [2.05, 4.69) is 16.0 Å². The smallest absolute Gasteiger partial charge is 0.343 e. The summed E-state index contributed by atoms with van der Waals surface area (Å²) < 4.78 is 41.7. The minimum absolute atomic E-state index is 0.00551. The zero-order valence-electron chi connectivity index (χ0n) is 59.5. The highest BCUT2D eigenvalue weighted by atomic mass is 35.5. The van der Waals surface area contributed by atoms with Gasteiger partial charge in [0.05, 0.1) is 36.6 Å². The second kappa shape index (κ2) is 35.2. The van der Waals surface area contributed by atoms with E-state index < -0.39 is 173 Å². The number of carbonyl (C=O) groups excluding carboxylic acids is 12. The fourth-order valence-electron chi connectivity index (χ4n) is 13.5. The summed E-state index contributed by atoms with van der Waals surface area (Å²) >= 11 is 12.9. The average molecular weight is 1430 g/mol. The van der Waals surface area contributed by atoms with Gasteiger partial charge in [0.15, 0.2) is 0 Å². The van der Waals surface area contributed by atoms with Gasteiger partial charge in [-0.25, -0.2) is 0 Å². The van der Waals surface area contributed by atoms with Crippen molar-refractivity contribution in [1.29, 1.82) is 0 Å². The molecule has 4 fully saturated rings. The Kier molecular flexibility index (Phi) is 28.6. The van der Waals surface area contributed by atoms with Gasteiger partial charge in [-0.2, -0.15) is 13.2 Å². The van der Waals surface area contributed by atoms with Crippen molar-refractivity contribution in [2.75, 3.05) is 89.1 Å². The quantitative estimate of drug-likeness (QED) is 0.254. The SMILES string of the molecule is CC[C@H](C)[C@@H]1NC(=O)[C@H](C)N(C)C(=O)C[C@@H](C(=O)N2CCCC2)N(C)C(=O)C(C(C)C)N(C)C(=O)C2(CCC2)NC(=O)[C@H](Cc2ccccc2Cl)N(C)C(=O)[C@H](CCc2ccc(C(F)(F)F)c(Cl)c2)NC(=O)CN(C)C(=O)[C@H](CC2CCCCC2)N(C)C(=O)CN(C)C(=O)CN(C)C1=O. The van der Waals surface area contributed by atoms with Crippen LogP contribution in [0.4, 0.5) is 13.2 Å². The predicted molar refractivity (Wildman–Crippen MR) is 366 cm³/mol. The highest BCUT2D eigenvalue weighted by Gasteiger charge is 2.52. The number of aryl methyl sites for hydroxylation is 1. The molecule has 0 aromatic heterocycles. The molecule has 0 radical (unpaired) electrons. The summed E-state index contributed by atoms with van der Waals surface area (Å²) in [6.45, 7) is 7.28. The maximum atomic E-state index is 15.4. The number of rotatable bonds is 11. The van der Waals surface area contributed by atoms with Gasteiger partial charge in [-0.05, 0) is 105 Å². The molecule has 3 N–H and O–H groups in total. The third kappa shape index (κ3) is 20.1. The molecular formula is C70H101Cl2F3N12O12. The van der Waals surface area contributed by atoms with Crippen molar-refractivity contribution in [3.8, 4) is 0 Å². The van der Waals surface area contributed by atoms with Gasteiger partial charge in [-0.3, -0.25) is 57.5 Å². The maximum absolute atomic E-state index is 15.4. The molecule has 24 nitrogen and oxygen atoms in total. The van der Waals surface area contributed by atoms with E-state index >= 15 is 19.2 Å². The van der Waals surface area contributed by atoms with Crippen LogP contribution in [-0.4, -0.2) is 252 Å². The highest BCUT2D eigenvalue weighted by Crippen LogP contribution is 2.38. The molecule has 2 aliphatic carbocycles. The molecule has 548 valence electrons. The summed E-state index contributed by atoms with van der Waals surface area (Å²) in [4.78, 5) is 188. The van der Waals surface area contributed by atoms with E-state index in [4.69, 9.17) is 23.2 Å². The van der Waals surface area contributed by atoms with Crippen molar-refractivity contribution in [2.45, 2.75) is 191 Å². The molecule has 8 atom stereocenters. The second-order valence-corrected chi connectivity index (χ2v) is 28.7. The molecule has 2 aromatic carbocycles. The third-order valence-corrected chi connectivity index (χ3v) is 21.2. The van der Waals surface area contributed by atoms with Crippen molar-refractivity contribution < 1.29 is 70.7 Å². The standard InChI is InChI=1S/C70H101Cl2F3N12O12/c1-14-43(4)59-66(97)81(8)40-57(90)79(6)41-58(91)83(10)53(36-45-23-16-15-17-24-45)64(95)80(7)39-55(88)76-51(30-28-46-27-29-48(50(72)35-46)70(73,74)75)63(94)84(11)52(37-47-25-18-19-26-49(47)71)62(93)78-69(31-22-32-69)68(99)86(13)60(42(2)3)67(98)85(12)54(65(96)87-33-20-21-34-87)38-56(89)82(9)44(5)61(92)77-59/h18-19,25-27,29,35,42-45,51-54,59-60H,14-17,20-24,28,30-34,36-41H2,1-13H3,(H,76,88)(H,77,92)(H,78,93)/t43-,44-,51-,52-,53-,54-,59-,60?/m0/s1. The minimum atomic E-state index is -4.79. The van der Waals surface area contributed by atoms with E-state index in [9.17, 15) is 51.5 Å². The molecule has 6 rings (SSSR count). The van der Waals surface area contributed by atoms with Gasteiger partial charge in [-0.1, -0.05) is 114 Å². The number of carbonyl (C=O) groups is 12. The van der Waals surface area contributed by atoms with Crippen molar-refractivity contribution in [2.24, 2.45) is 17.8 Å². The van der Waals surface area contributed by atoms with Crippen molar-refractivity contribution >= 4 is 94.1 Å². The molecule has 2 heterocycles. The summed E-state index contributed by atoms with van der Waals surface area (Å²) in [7, 11) is 10.9. The number of benzene rings is 2. The van der Waals surface area contributed by atoms with Crippen molar-refractivity contribution in [3.63, 3.8) is 0 Å². The first-order valence-electron chi connectivity index (χ1n) is 34.3. The lowest BCUT2D eigenvalue weighted by Crippen LogP contribution is -2.68. The Bertz CT molecular complexity index is 3290. The summed E-state index contributed by atoms with van der Waals surface area (Å²) in [6, 6.07) is 0.188. The van der Waals surface area contributed by atoms with Crippen LogP contribution >= 0.6 is 23.2 Å². The molecule has 4 aliphatic rings. The van der Waals surface area contributed by atoms with Crippen LogP contribution in [0, 0.1) is 17.8 Å². The molecule has 2 aromatic rings. The van der Waals surface area contributed by atoms with E-state index in [1.165, 1.54) is 79.2 Å². The van der Waals surface area contributed by atoms with Gasteiger partial charge in [0.1, 0.15) is 47.8 Å². The molecule has 1 unspecified atom stereocenters. The van der Waals surface area contributed by atoms with E-state index in [1.807, 2.05) is 0 Å². The number of nitrogens with zero attached hydrogens (tertiary/aromatic N) is 9. The number of alkyl halides is 3. The van der Waals surface area contributed by atoms with Crippen LogP contribution in [0.25, 0.3) is 0 Å². The molecule has 2 aliphatic heterocycles. The first-order chi connectivity index (χ1) is 46.4. The van der Waals surface area contributed by atoms with Crippen molar-refractivity contribution in [1.82, 2.24) is 60.0 Å². The zero-order chi connectivity index (χ0) is 73.7. The number of halogens is 5. The molecular weight excluding hydrogens is 1330 g/mol. The van der Waals surface area contributed by atoms with Crippen LogP contribution in [-0.2, 0) is 76.6 Å². The second-order valence-electron chi connectivity index (χ2n) is 27.9. The molecule has 29 heteroatoms. The largest absolute Gasteiger partial charge is 0.417 e. The topological polar surface area (TPSA) is 270 Å². The summed E-state index contributed by atoms with van der Waals surface area (Å²) in [5, 5.41) is 8.05. The lowest BCUT2D eigenvalue weighted by Gasteiger charge is -2.46.